The molecular weight excluding hydrogens is 401 g/mol. The second kappa shape index (κ2) is 6.53. The molecule has 4 nitrogen and oxygen atoms in total. The first-order valence-electron chi connectivity index (χ1n) is 7.15. The molecule has 0 spiro atoms. The number of anilines is 1. The summed E-state index contributed by atoms with van der Waals surface area (Å²) in [6, 6.07) is 10.4. The van der Waals surface area contributed by atoms with Crippen LogP contribution in [0, 0.1) is 0 Å². The number of ether oxygens (including phenoxy) is 2. The van der Waals surface area contributed by atoms with Crippen molar-refractivity contribution in [2.45, 2.75) is 0 Å². The topological polar surface area (TPSA) is 38.8 Å². The molecule has 1 fully saturated rings. The van der Waals surface area contributed by atoms with Crippen LogP contribution in [0.3, 0.4) is 0 Å². The standard InChI is InChI=1S/C17H9Cl2NO3S2/c18-10-2-1-3-11(6-10)20-16(21)15(25-17(20)24)5-9-4-13-14(7-12(9)19)23-8-22-13/h1-7H,8H2. The molecule has 0 saturated carbocycles. The molecule has 2 aliphatic rings. The van der Waals surface area contributed by atoms with Crippen molar-refractivity contribution in [1.29, 1.82) is 0 Å². The molecule has 0 aromatic heterocycles. The van der Waals surface area contributed by atoms with Crippen molar-refractivity contribution < 1.29 is 14.3 Å². The van der Waals surface area contributed by atoms with Crippen molar-refractivity contribution in [2.75, 3.05) is 11.7 Å². The number of carbonyl (C=O) groups is 1. The van der Waals surface area contributed by atoms with Crippen LogP contribution in [0.4, 0.5) is 5.69 Å². The molecule has 126 valence electrons. The number of hydrogen-bond donors (Lipinski definition) is 0. The molecular formula is C17H9Cl2NO3S2. The fourth-order valence-corrected chi connectivity index (χ4v) is 4.17. The summed E-state index contributed by atoms with van der Waals surface area (Å²) in [6.45, 7) is 0.159. The van der Waals surface area contributed by atoms with Gasteiger partial charge in [0.1, 0.15) is 0 Å². The third-order valence-corrected chi connectivity index (χ3v) is 5.50. The average molecular weight is 410 g/mol. The Morgan fingerprint density at radius 2 is 1.92 bits per heavy atom. The lowest BCUT2D eigenvalue weighted by Gasteiger charge is -2.14. The van der Waals surface area contributed by atoms with Gasteiger partial charge in [0.15, 0.2) is 15.8 Å². The van der Waals surface area contributed by atoms with E-state index in [1.807, 2.05) is 0 Å². The van der Waals surface area contributed by atoms with Crippen molar-refractivity contribution in [3.05, 3.63) is 56.9 Å². The normalized spacial score (nSPS) is 17.7. The van der Waals surface area contributed by atoms with E-state index in [4.69, 9.17) is 44.9 Å². The van der Waals surface area contributed by atoms with Gasteiger partial charge in [0, 0.05) is 11.1 Å². The van der Waals surface area contributed by atoms with Gasteiger partial charge in [-0.15, -0.1) is 0 Å². The van der Waals surface area contributed by atoms with E-state index in [1.165, 1.54) is 16.7 Å². The maximum absolute atomic E-state index is 12.8. The number of benzene rings is 2. The van der Waals surface area contributed by atoms with Gasteiger partial charge in [-0.2, -0.15) is 0 Å². The highest BCUT2D eigenvalue weighted by Gasteiger charge is 2.33. The fraction of sp³-hybridized carbons (Fsp3) is 0.0588. The molecule has 0 atom stereocenters. The van der Waals surface area contributed by atoms with Crippen LogP contribution < -0.4 is 14.4 Å². The zero-order valence-corrected chi connectivity index (χ0v) is 15.6. The average Bonchev–Trinajstić information content (AvgIpc) is 3.12. The lowest BCUT2D eigenvalue weighted by Crippen LogP contribution is -2.27. The predicted octanol–water partition coefficient (Wildman–Crippen LogP) is 5.13. The number of carbonyl (C=O) groups excluding carboxylic acids is 1. The number of thiocarbonyl (C=S) groups is 1. The van der Waals surface area contributed by atoms with Crippen LogP contribution in [0.1, 0.15) is 5.56 Å². The van der Waals surface area contributed by atoms with Crippen LogP contribution in [0.15, 0.2) is 41.3 Å². The van der Waals surface area contributed by atoms with E-state index in [-0.39, 0.29) is 12.7 Å². The van der Waals surface area contributed by atoms with Gasteiger partial charge in [-0.1, -0.05) is 53.2 Å². The molecule has 0 aliphatic carbocycles. The Balaban J connectivity index is 1.69. The highest BCUT2D eigenvalue weighted by molar-refractivity contribution is 8.27. The number of hydrogen-bond acceptors (Lipinski definition) is 5. The highest BCUT2D eigenvalue weighted by atomic mass is 35.5. The third kappa shape index (κ3) is 3.11. The van der Waals surface area contributed by atoms with E-state index in [9.17, 15) is 4.79 Å². The minimum Gasteiger partial charge on any atom is -0.454 e. The van der Waals surface area contributed by atoms with Crippen molar-refractivity contribution in [3.8, 4) is 11.5 Å². The van der Waals surface area contributed by atoms with Crippen LogP contribution in [0.2, 0.25) is 10.0 Å². The Kier molecular flexibility index (Phi) is 4.37. The first-order valence-corrected chi connectivity index (χ1v) is 9.13. The maximum Gasteiger partial charge on any atom is 0.270 e. The zero-order chi connectivity index (χ0) is 17.6. The fourth-order valence-electron chi connectivity index (χ4n) is 2.49. The van der Waals surface area contributed by atoms with Gasteiger partial charge in [-0.05, 0) is 35.9 Å². The lowest BCUT2D eigenvalue weighted by atomic mass is 10.1. The maximum atomic E-state index is 12.8. The number of rotatable bonds is 2. The van der Waals surface area contributed by atoms with Gasteiger partial charge in [0.2, 0.25) is 6.79 Å². The molecule has 0 unspecified atom stereocenters. The summed E-state index contributed by atoms with van der Waals surface area (Å²) >= 11 is 18.9. The Morgan fingerprint density at radius 3 is 2.68 bits per heavy atom. The molecule has 0 radical (unpaired) electrons. The van der Waals surface area contributed by atoms with E-state index in [2.05, 4.69) is 0 Å². The van der Waals surface area contributed by atoms with Gasteiger partial charge in [0.05, 0.1) is 15.6 Å². The lowest BCUT2D eigenvalue weighted by molar-refractivity contribution is -0.113. The third-order valence-electron chi connectivity index (χ3n) is 3.64. The molecule has 2 aliphatic heterocycles. The summed E-state index contributed by atoms with van der Waals surface area (Å²) in [5.74, 6) is 0.973. The minimum atomic E-state index is -0.217. The number of nitrogens with zero attached hydrogens (tertiary/aromatic N) is 1. The minimum absolute atomic E-state index is 0.159. The number of thioether (sulfide) groups is 1. The van der Waals surface area contributed by atoms with Crippen LogP contribution in [-0.2, 0) is 4.79 Å². The molecule has 0 N–H and O–H groups in total. The number of halogens is 2. The summed E-state index contributed by atoms with van der Waals surface area (Å²) in [5, 5.41) is 1.01. The Labute approximate surface area is 163 Å². The Bertz CT molecular complexity index is 945. The van der Waals surface area contributed by atoms with Gasteiger partial charge in [-0.3, -0.25) is 9.69 Å². The predicted molar refractivity (Wildman–Crippen MR) is 105 cm³/mol. The Hall–Kier alpha value is -1.73. The van der Waals surface area contributed by atoms with Crippen molar-refractivity contribution in [1.82, 2.24) is 0 Å². The summed E-state index contributed by atoms with van der Waals surface area (Å²) < 4.78 is 11.1. The molecule has 2 aromatic rings. The molecule has 25 heavy (non-hydrogen) atoms. The van der Waals surface area contributed by atoms with E-state index in [0.29, 0.717) is 42.0 Å². The van der Waals surface area contributed by atoms with Gasteiger partial charge in [-0.25, -0.2) is 0 Å². The van der Waals surface area contributed by atoms with Crippen LogP contribution in [0.5, 0.6) is 11.5 Å². The van der Waals surface area contributed by atoms with E-state index < -0.39 is 0 Å². The number of amides is 1. The van der Waals surface area contributed by atoms with Gasteiger partial charge in [0.25, 0.3) is 5.91 Å². The SMILES string of the molecule is O=C1C(=Cc2cc3c(cc2Cl)OCO3)SC(=S)N1c1cccc(Cl)c1. The monoisotopic (exact) mass is 409 g/mol. The van der Waals surface area contributed by atoms with E-state index in [1.54, 1.807) is 42.5 Å². The summed E-state index contributed by atoms with van der Waals surface area (Å²) in [6.07, 6.45) is 1.70. The smallest absolute Gasteiger partial charge is 0.270 e. The van der Waals surface area contributed by atoms with Crippen LogP contribution in [-0.4, -0.2) is 17.0 Å². The second-order valence-corrected chi connectivity index (χ2v) is 7.74. The van der Waals surface area contributed by atoms with Crippen molar-refractivity contribution in [3.63, 3.8) is 0 Å². The molecule has 1 amide bonds. The molecule has 4 rings (SSSR count). The molecule has 0 bridgehead atoms. The molecule has 8 heteroatoms. The van der Waals surface area contributed by atoms with E-state index in [0.717, 1.165) is 0 Å². The zero-order valence-electron chi connectivity index (χ0n) is 12.5. The van der Waals surface area contributed by atoms with Crippen LogP contribution >= 0.6 is 47.2 Å². The van der Waals surface area contributed by atoms with E-state index >= 15 is 0 Å². The second-order valence-electron chi connectivity index (χ2n) is 5.22. The first-order chi connectivity index (χ1) is 12.0. The molecule has 1 saturated heterocycles. The quantitative estimate of drug-likeness (QED) is 0.507. The first kappa shape index (κ1) is 16.7. The van der Waals surface area contributed by atoms with Crippen LogP contribution in [0.25, 0.3) is 6.08 Å². The molecule has 2 aromatic carbocycles. The summed E-state index contributed by atoms with van der Waals surface area (Å²) in [4.78, 5) is 14.7. The summed E-state index contributed by atoms with van der Waals surface area (Å²) in [5.41, 5.74) is 1.30. The molecule has 2 heterocycles. The Morgan fingerprint density at radius 1 is 1.16 bits per heavy atom. The summed E-state index contributed by atoms with van der Waals surface area (Å²) in [7, 11) is 0. The number of fused-ring (bicyclic) bond motifs is 1. The van der Waals surface area contributed by atoms with Gasteiger partial charge >= 0.3 is 0 Å². The largest absolute Gasteiger partial charge is 0.454 e. The van der Waals surface area contributed by atoms with Gasteiger partial charge < -0.3 is 9.47 Å². The van der Waals surface area contributed by atoms with Crippen molar-refractivity contribution in [2.24, 2.45) is 0 Å². The highest BCUT2D eigenvalue weighted by Crippen LogP contribution is 2.41. The van der Waals surface area contributed by atoms with Crippen molar-refractivity contribution >= 4 is 69.2 Å².